The number of esters is 1. The Morgan fingerprint density at radius 2 is 2.12 bits per heavy atom. The molecule has 0 aromatic rings. The summed E-state index contributed by atoms with van der Waals surface area (Å²) in [5, 5.41) is 32.0. The highest BCUT2D eigenvalue weighted by atomic mass is 16.7. The van der Waals surface area contributed by atoms with Gasteiger partial charge >= 0.3 is 11.9 Å². The molecule has 140 valence electrons. The van der Waals surface area contributed by atoms with Crippen LogP contribution in [-0.4, -0.2) is 56.8 Å². The van der Waals surface area contributed by atoms with E-state index in [1.807, 2.05) is 0 Å². The van der Waals surface area contributed by atoms with Gasteiger partial charge in [0.25, 0.3) is 0 Å². The first kappa shape index (κ1) is 15.6. The maximum absolute atomic E-state index is 12.8. The van der Waals surface area contributed by atoms with Crippen LogP contribution < -0.4 is 0 Å². The molecular weight excluding hydrogens is 340 g/mol. The maximum Gasteiger partial charge on any atom is 0.315 e. The zero-order valence-electron chi connectivity index (χ0n) is 14.5. The number of aliphatic carboxylic acids is 1. The number of carbonyl (C=O) groups is 2. The van der Waals surface area contributed by atoms with Crippen molar-refractivity contribution in [1.82, 2.24) is 0 Å². The number of epoxide rings is 1. The Bertz CT molecular complexity index is 808. The van der Waals surface area contributed by atoms with Crippen molar-refractivity contribution >= 4 is 11.9 Å². The summed E-state index contributed by atoms with van der Waals surface area (Å²) in [6, 6.07) is 0. The highest BCUT2D eigenvalue weighted by Crippen LogP contribution is 2.80. The minimum absolute atomic E-state index is 0.200. The summed E-state index contributed by atoms with van der Waals surface area (Å²) in [5.41, 5.74) is -3.37. The van der Waals surface area contributed by atoms with Crippen molar-refractivity contribution in [3.63, 3.8) is 0 Å². The van der Waals surface area contributed by atoms with Crippen LogP contribution >= 0.6 is 0 Å². The summed E-state index contributed by atoms with van der Waals surface area (Å²) < 4.78 is 11.8. The second-order valence-electron chi connectivity index (χ2n) is 9.60. The van der Waals surface area contributed by atoms with Crippen LogP contribution in [0.15, 0.2) is 12.2 Å². The van der Waals surface area contributed by atoms with Crippen LogP contribution in [0, 0.1) is 28.6 Å². The summed E-state index contributed by atoms with van der Waals surface area (Å²) in [7, 11) is 0. The molecule has 2 saturated heterocycles. The molecule has 0 aromatic heterocycles. The van der Waals surface area contributed by atoms with Crippen LogP contribution in [0.3, 0.4) is 0 Å². The van der Waals surface area contributed by atoms with Gasteiger partial charge in [-0.15, -0.1) is 0 Å². The smallest absolute Gasteiger partial charge is 0.315 e. The number of carboxylic acids is 1. The molecule has 26 heavy (non-hydrogen) atoms. The molecule has 2 aliphatic heterocycles. The molecule has 2 heterocycles. The van der Waals surface area contributed by atoms with E-state index in [1.54, 1.807) is 6.92 Å². The third kappa shape index (κ3) is 1.22. The lowest BCUT2D eigenvalue weighted by Crippen LogP contribution is -2.57. The van der Waals surface area contributed by atoms with E-state index in [-0.39, 0.29) is 5.92 Å². The van der Waals surface area contributed by atoms with E-state index in [1.165, 1.54) is 0 Å². The van der Waals surface area contributed by atoms with Crippen molar-refractivity contribution in [2.45, 2.75) is 62.1 Å². The van der Waals surface area contributed by atoms with Gasteiger partial charge in [-0.1, -0.05) is 6.58 Å². The Hall–Kier alpha value is -1.44. The Balaban J connectivity index is 1.63. The SMILES string of the molecule is C=C1C[C@]23C[C@@]1(O)CC[C@H]2[C@@]12OC(=O)[C@@](C)([C@H]1[C@@H]3C(=O)O)[C@@H](O)[C@@H]1O[C@@H]12. The molecule has 10 atom stereocenters. The van der Waals surface area contributed by atoms with Gasteiger partial charge in [-0.3, -0.25) is 9.59 Å². The average molecular weight is 362 g/mol. The third-order valence-corrected chi connectivity index (χ3v) is 8.86. The lowest BCUT2D eigenvalue weighted by Gasteiger charge is -2.44. The number of rotatable bonds is 1. The van der Waals surface area contributed by atoms with Gasteiger partial charge < -0.3 is 24.8 Å². The first-order valence-corrected chi connectivity index (χ1v) is 9.33. The van der Waals surface area contributed by atoms with Gasteiger partial charge in [0.05, 0.1) is 17.6 Å². The minimum Gasteiger partial charge on any atom is -0.481 e. The van der Waals surface area contributed by atoms with Gasteiger partial charge in [0.1, 0.15) is 23.2 Å². The fraction of sp³-hybridized carbons (Fsp3) is 0.789. The largest absolute Gasteiger partial charge is 0.481 e. The number of carbonyl (C=O) groups excluding carboxylic acids is 1. The quantitative estimate of drug-likeness (QED) is 0.347. The van der Waals surface area contributed by atoms with Gasteiger partial charge in [0.15, 0.2) is 0 Å². The van der Waals surface area contributed by atoms with Crippen LogP contribution in [0.5, 0.6) is 0 Å². The number of fused-ring (bicyclic) bond motifs is 2. The van der Waals surface area contributed by atoms with E-state index in [0.29, 0.717) is 31.3 Å². The van der Waals surface area contributed by atoms with E-state index in [9.17, 15) is 24.9 Å². The first-order chi connectivity index (χ1) is 12.1. The Labute approximate surface area is 150 Å². The molecule has 6 rings (SSSR count). The Morgan fingerprint density at radius 1 is 1.38 bits per heavy atom. The molecular formula is C19H22O7. The molecule has 0 unspecified atom stereocenters. The van der Waals surface area contributed by atoms with Crippen molar-refractivity contribution in [3.05, 3.63) is 12.2 Å². The number of carboxylic acid groups (broad SMARTS) is 1. The van der Waals surface area contributed by atoms with E-state index in [2.05, 4.69) is 6.58 Å². The van der Waals surface area contributed by atoms with Gasteiger partial charge in [-0.05, 0) is 43.6 Å². The number of aliphatic hydroxyl groups excluding tert-OH is 1. The zero-order chi connectivity index (χ0) is 18.4. The number of hydrogen-bond acceptors (Lipinski definition) is 6. The van der Waals surface area contributed by atoms with Crippen molar-refractivity contribution in [2.24, 2.45) is 28.6 Å². The normalized spacial score (nSPS) is 63.8. The van der Waals surface area contributed by atoms with Crippen molar-refractivity contribution in [2.75, 3.05) is 0 Å². The van der Waals surface area contributed by atoms with Crippen LogP contribution in [0.4, 0.5) is 0 Å². The second kappa shape index (κ2) is 3.88. The van der Waals surface area contributed by atoms with Crippen LogP contribution in [-0.2, 0) is 19.1 Å². The summed E-state index contributed by atoms with van der Waals surface area (Å²) in [4.78, 5) is 25.3. The molecule has 6 fully saturated rings. The van der Waals surface area contributed by atoms with Gasteiger partial charge in [0.2, 0.25) is 0 Å². The maximum atomic E-state index is 12.8. The van der Waals surface area contributed by atoms with E-state index in [0.717, 1.165) is 0 Å². The van der Waals surface area contributed by atoms with Gasteiger partial charge in [0, 0.05) is 11.8 Å². The molecule has 6 aliphatic rings. The lowest BCUT2D eigenvalue weighted by atomic mass is 9.59. The summed E-state index contributed by atoms with van der Waals surface area (Å²) >= 11 is 0. The fourth-order valence-electron chi connectivity index (χ4n) is 7.94. The minimum atomic E-state index is -1.30. The summed E-state index contributed by atoms with van der Waals surface area (Å²) in [6.07, 6.45) is -0.173. The molecule has 7 nitrogen and oxygen atoms in total. The monoisotopic (exact) mass is 362 g/mol. The summed E-state index contributed by atoms with van der Waals surface area (Å²) in [6.45, 7) is 5.67. The van der Waals surface area contributed by atoms with Crippen molar-refractivity contribution in [3.8, 4) is 0 Å². The van der Waals surface area contributed by atoms with Crippen LogP contribution in [0.2, 0.25) is 0 Å². The molecule has 0 radical (unpaired) electrons. The highest BCUT2D eigenvalue weighted by Gasteiger charge is 2.91. The van der Waals surface area contributed by atoms with E-state index >= 15 is 0 Å². The van der Waals surface area contributed by atoms with E-state index < -0.39 is 64.1 Å². The molecule has 3 N–H and O–H groups in total. The number of ether oxygens (including phenoxy) is 2. The zero-order valence-corrected chi connectivity index (χ0v) is 14.5. The van der Waals surface area contributed by atoms with E-state index in [4.69, 9.17) is 9.47 Å². The topological polar surface area (TPSA) is 117 Å². The predicted molar refractivity (Wildman–Crippen MR) is 84.7 cm³/mol. The Morgan fingerprint density at radius 3 is 2.81 bits per heavy atom. The van der Waals surface area contributed by atoms with Gasteiger partial charge in [-0.2, -0.15) is 0 Å². The van der Waals surface area contributed by atoms with Gasteiger partial charge in [-0.25, -0.2) is 0 Å². The molecule has 7 heteroatoms. The van der Waals surface area contributed by atoms with Crippen LogP contribution in [0.1, 0.15) is 32.6 Å². The third-order valence-electron chi connectivity index (χ3n) is 8.86. The van der Waals surface area contributed by atoms with Crippen molar-refractivity contribution < 1.29 is 34.4 Å². The molecule has 4 bridgehead atoms. The highest BCUT2D eigenvalue weighted by molar-refractivity contribution is 5.86. The number of aliphatic hydroxyl groups is 2. The average Bonchev–Trinajstić information content (AvgIpc) is 3.24. The second-order valence-corrected chi connectivity index (χ2v) is 9.60. The standard InChI is InChI=1S/C19H22O7/c1-7-5-17-6-18(7,24)4-3-8(17)19-11(9(17)14(21)22)16(2,15(23)26-19)12(20)10-13(19)25-10/h8-13,20,24H,1,3-6H2,2H3,(H,21,22)/t8-,9-,10+,11-,12+,13+,16+,17+,18+,19-/m1/s1. The lowest BCUT2D eigenvalue weighted by molar-refractivity contribution is -0.168. The molecule has 4 aliphatic carbocycles. The number of hydrogen-bond donors (Lipinski definition) is 3. The van der Waals surface area contributed by atoms with Crippen LogP contribution in [0.25, 0.3) is 0 Å². The Kier molecular flexibility index (Phi) is 2.33. The molecule has 1 spiro atoms. The molecule has 0 aromatic carbocycles. The summed E-state index contributed by atoms with van der Waals surface area (Å²) in [5.74, 6) is -3.23. The molecule has 4 saturated carbocycles. The first-order valence-electron chi connectivity index (χ1n) is 9.33. The molecule has 0 amide bonds. The fourth-order valence-corrected chi connectivity index (χ4v) is 7.94. The van der Waals surface area contributed by atoms with Crippen molar-refractivity contribution in [1.29, 1.82) is 0 Å². The predicted octanol–water partition coefficient (Wildman–Crippen LogP) is 0.238.